The molecule has 0 saturated carbocycles. The lowest BCUT2D eigenvalue weighted by Gasteiger charge is -2.21. The molecule has 2 aromatic carbocycles. The van der Waals surface area contributed by atoms with E-state index < -0.39 is 12.1 Å². The van der Waals surface area contributed by atoms with Crippen LogP contribution in [0, 0.1) is 12.8 Å². The minimum atomic E-state index is -0.702. The number of nitrogens with zero attached hydrogens (tertiary/aromatic N) is 1. The first-order chi connectivity index (χ1) is 19.6. The minimum Gasteiger partial charge on any atom is -0.493 e. The zero-order valence-electron chi connectivity index (χ0n) is 24.3. The van der Waals surface area contributed by atoms with Crippen molar-refractivity contribution in [2.24, 2.45) is 5.92 Å². The molecule has 0 unspecified atom stereocenters. The van der Waals surface area contributed by atoms with Crippen LogP contribution in [0.15, 0.2) is 34.4 Å². The van der Waals surface area contributed by atoms with Gasteiger partial charge in [-0.15, -0.1) is 11.3 Å². The monoisotopic (exact) mass is 580 g/mol. The molecule has 11 heteroatoms. The molecule has 3 N–H and O–H groups in total. The minimum absolute atomic E-state index is 0.136. The molecule has 218 valence electrons. The number of carbonyl (C=O) groups excluding carboxylic acids is 2. The first kappa shape index (κ1) is 29.9. The second-order valence-corrected chi connectivity index (χ2v) is 11.1. The van der Waals surface area contributed by atoms with Crippen LogP contribution < -0.4 is 35.6 Å². The van der Waals surface area contributed by atoms with Crippen LogP contribution in [0.1, 0.15) is 50.1 Å². The fourth-order valence-corrected chi connectivity index (χ4v) is 5.82. The number of hydrogen-bond donors (Lipinski definition) is 3. The molecule has 0 saturated heterocycles. The average molecular weight is 581 g/mol. The van der Waals surface area contributed by atoms with Crippen molar-refractivity contribution in [2.45, 2.75) is 52.6 Å². The zero-order valence-corrected chi connectivity index (χ0v) is 25.2. The summed E-state index contributed by atoms with van der Waals surface area (Å²) in [6.07, 6.45) is 1.15. The van der Waals surface area contributed by atoms with Crippen molar-refractivity contribution < 1.29 is 23.8 Å². The number of nitrogens with one attached hydrogen (secondary N) is 3. The highest BCUT2D eigenvalue weighted by Crippen LogP contribution is 2.50. The number of hydrogen-bond acceptors (Lipinski definition) is 9. The molecule has 41 heavy (non-hydrogen) atoms. The van der Waals surface area contributed by atoms with Gasteiger partial charge in [-0.3, -0.25) is 14.4 Å². The molecule has 3 aromatic rings. The van der Waals surface area contributed by atoms with E-state index in [1.165, 1.54) is 31.4 Å². The van der Waals surface area contributed by atoms with Crippen molar-refractivity contribution in [3.63, 3.8) is 0 Å². The maximum atomic E-state index is 13.7. The molecule has 0 spiro atoms. The standard InChI is InChI=1S/C30H36N4O6S/c1-15(2)26(29(37)34-30-31-16(3)14-41-30)33-22-11-9-19-20(13-23(22)36)21(32-17(4)35)10-8-18-12-24(38-5)27(39-6)28(40-7)25(18)19/h9,11-15,21,26H,8,10H2,1-7H3,(H,32,35)(H,33,36)(H,31,34,37)/t21-,26-/m1/s1. The van der Waals surface area contributed by atoms with E-state index >= 15 is 0 Å². The number of amides is 2. The smallest absolute Gasteiger partial charge is 0.248 e. The Morgan fingerprint density at radius 2 is 1.80 bits per heavy atom. The van der Waals surface area contributed by atoms with Gasteiger partial charge in [0, 0.05) is 17.9 Å². The van der Waals surface area contributed by atoms with Gasteiger partial charge in [0.2, 0.25) is 23.0 Å². The SMILES string of the molecule is COc1cc2c(c(OC)c1OC)-c1ccc(N[C@@H](C(=O)Nc3nc(C)cs3)C(C)C)c(=O)cc1[C@H](NC(C)=O)CC2. The maximum absolute atomic E-state index is 13.7. The summed E-state index contributed by atoms with van der Waals surface area (Å²) in [6, 6.07) is 5.80. The van der Waals surface area contributed by atoms with Crippen LogP contribution in [-0.4, -0.2) is 44.2 Å². The fraction of sp³-hybridized carbons (Fsp3) is 0.400. The Bertz CT molecular complexity index is 1520. The van der Waals surface area contributed by atoms with Crippen LogP contribution in [0.3, 0.4) is 0 Å². The normalized spacial score (nSPS) is 14.7. The van der Waals surface area contributed by atoms with Crippen molar-refractivity contribution in [2.75, 3.05) is 32.0 Å². The molecular weight excluding hydrogens is 544 g/mol. The van der Waals surface area contributed by atoms with Gasteiger partial charge in [0.05, 0.1) is 38.8 Å². The molecular formula is C30H36N4O6S. The number of methoxy groups -OCH3 is 3. The molecule has 4 rings (SSSR count). The molecule has 1 aliphatic rings. The van der Waals surface area contributed by atoms with Gasteiger partial charge in [-0.05, 0) is 60.6 Å². The summed E-state index contributed by atoms with van der Waals surface area (Å²) in [5, 5.41) is 11.4. The number of fused-ring (bicyclic) bond motifs is 3. The number of thiazole rings is 1. The predicted octanol–water partition coefficient (Wildman–Crippen LogP) is 4.70. The Hall–Kier alpha value is -4.12. The Labute approximate surface area is 243 Å². The third-order valence-electron chi connectivity index (χ3n) is 7.03. The van der Waals surface area contributed by atoms with Gasteiger partial charge in [0.1, 0.15) is 6.04 Å². The molecule has 1 heterocycles. The van der Waals surface area contributed by atoms with Gasteiger partial charge < -0.3 is 30.2 Å². The van der Waals surface area contributed by atoms with E-state index in [4.69, 9.17) is 14.2 Å². The molecule has 1 aromatic heterocycles. The van der Waals surface area contributed by atoms with Crippen molar-refractivity contribution in [1.29, 1.82) is 0 Å². The van der Waals surface area contributed by atoms with Crippen LogP contribution in [0.25, 0.3) is 11.1 Å². The molecule has 1 aliphatic carbocycles. The van der Waals surface area contributed by atoms with Crippen LogP contribution in [0.4, 0.5) is 10.8 Å². The quantitative estimate of drug-likeness (QED) is 0.332. The van der Waals surface area contributed by atoms with Crippen LogP contribution >= 0.6 is 11.3 Å². The van der Waals surface area contributed by atoms with Crippen molar-refractivity contribution in [3.8, 4) is 28.4 Å². The molecule has 10 nitrogen and oxygen atoms in total. The van der Waals surface area contributed by atoms with E-state index in [9.17, 15) is 14.4 Å². The number of aromatic nitrogens is 1. The summed E-state index contributed by atoms with van der Waals surface area (Å²) < 4.78 is 17.1. The summed E-state index contributed by atoms with van der Waals surface area (Å²) in [5.74, 6) is 0.790. The van der Waals surface area contributed by atoms with Gasteiger partial charge >= 0.3 is 0 Å². The summed E-state index contributed by atoms with van der Waals surface area (Å²) in [7, 11) is 4.66. The lowest BCUT2D eigenvalue weighted by Crippen LogP contribution is -2.39. The van der Waals surface area contributed by atoms with Crippen molar-refractivity contribution >= 4 is 34.0 Å². The predicted molar refractivity (Wildman–Crippen MR) is 160 cm³/mol. The van der Waals surface area contributed by atoms with E-state index in [1.54, 1.807) is 20.3 Å². The van der Waals surface area contributed by atoms with E-state index in [2.05, 4.69) is 20.9 Å². The topological polar surface area (TPSA) is 128 Å². The highest BCUT2D eigenvalue weighted by atomic mass is 32.1. The Kier molecular flexibility index (Phi) is 9.17. The highest BCUT2D eigenvalue weighted by Gasteiger charge is 2.30. The van der Waals surface area contributed by atoms with E-state index in [-0.39, 0.29) is 28.8 Å². The summed E-state index contributed by atoms with van der Waals surface area (Å²) >= 11 is 1.34. The van der Waals surface area contributed by atoms with E-state index in [0.29, 0.717) is 46.3 Å². The summed E-state index contributed by atoms with van der Waals surface area (Å²) in [6.45, 7) is 7.12. The molecule has 0 aliphatic heterocycles. The first-order valence-corrected chi connectivity index (χ1v) is 14.2. The van der Waals surface area contributed by atoms with Gasteiger partial charge in [0.25, 0.3) is 0 Å². The molecule has 0 bridgehead atoms. The molecule has 2 atom stereocenters. The lowest BCUT2D eigenvalue weighted by molar-refractivity contribution is -0.120. The first-order valence-electron chi connectivity index (χ1n) is 13.3. The fourth-order valence-electron chi connectivity index (χ4n) is 5.12. The van der Waals surface area contributed by atoms with Gasteiger partial charge in [-0.2, -0.15) is 0 Å². The summed E-state index contributed by atoms with van der Waals surface area (Å²) in [4.78, 5) is 43.4. The largest absolute Gasteiger partial charge is 0.493 e. The van der Waals surface area contributed by atoms with E-state index in [1.807, 2.05) is 38.3 Å². The molecule has 2 amide bonds. The number of aryl methyl sites for hydroxylation is 2. The third-order valence-corrected chi connectivity index (χ3v) is 7.90. The van der Waals surface area contributed by atoms with Crippen LogP contribution in [-0.2, 0) is 16.0 Å². The second kappa shape index (κ2) is 12.6. The molecule has 0 radical (unpaired) electrons. The van der Waals surface area contributed by atoms with Gasteiger partial charge in [0.15, 0.2) is 16.6 Å². The van der Waals surface area contributed by atoms with Crippen LogP contribution in [0.2, 0.25) is 0 Å². The highest BCUT2D eigenvalue weighted by molar-refractivity contribution is 7.13. The number of benzene rings is 1. The van der Waals surface area contributed by atoms with Crippen molar-refractivity contribution in [3.05, 3.63) is 56.7 Å². The number of ether oxygens (including phenoxy) is 3. The lowest BCUT2D eigenvalue weighted by atomic mass is 9.95. The van der Waals surface area contributed by atoms with Gasteiger partial charge in [-0.25, -0.2) is 4.98 Å². The number of carbonyl (C=O) groups is 2. The van der Waals surface area contributed by atoms with Crippen molar-refractivity contribution in [1.82, 2.24) is 10.3 Å². The Balaban J connectivity index is 1.86. The Morgan fingerprint density at radius 1 is 1.07 bits per heavy atom. The average Bonchev–Trinajstić information content (AvgIpc) is 3.19. The second-order valence-electron chi connectivity index (χ2n) is 10.2. The maximum Gasteiger partial charge on any atom is 0.248 e. The van der Waals surface area contributed by atoms with Crippen LogP contribution in [0.5, 0.6) is 17.2 Å². The summed E-state index contributed by atoms with van der Waals surface area (Å²) in [5.41, 5.74) is 3.80. The number of rotatable bonds is 9. The Morgan fingerprint density at radius 3 is 2.39 bits per heavy atom. The molecule has 0 fully saturated rings. The zero-order chi connectivity index (χ0) is 29.8. The number of anilines is 2. The van der Waals surface area contributed by atoms with Gasteiger partial charge in [-0.1, -0.05) is 19.9 Å². The van der Waals surface area contributed by atoms with E-state index in [0.717, 1.165) is 16.8 Å². The third kappa shape index (κ3) is 6.30.